The van der Waals surface area contributed by atoms with E-state index in [-0.39, 0.29) is 50.0 Å². The first kappa shape index (κ1) is 17.9. The zero-order valence-corrected chi connectivity index (χ0v) is 14.3. The summed E-state index contributed by atoms with van der Waals surface area (Å²) < 4.78 is 31.9. The lowest BCUT2D eigenvalue weighted by molar-refractivity contribution is -0.682. The summed E-state index contributed by atoms with van der Waals surface area (Å²) in [7, 11) is -4.91. The highest BCUT2D eigenvalue weighted by atomic mass is 32.2. The Labute approximate surface area is 144 Å². The minimum Gasteiger partial charge on any atom is -0.275 e. The normalized spacial score (nSPS) is 29.7. The van der Waals surface area contributed by atoms with Crippen molar-refractivity contribution in [3.05, 3.63) is 12.2 Å². The van der Waals surface area contributed by atoms with E-state index in [2.05, 4.69) is 0 Å². The van der Waals surface area contributed by atoms with Gasteiger partial charge in [0.05, 0.1) is 12.8 Å². The summed E-state index contributed by atoms with van der Waals surface area (Å²) in [5.74, 6) is -2.36. The van der Waals surface area contributed by atoms with Crippen molar-refractivity contribution in [1.29, 1.82) is 0 Å². The summed E-state index contributed by atoms with van der Waals surface area (Å²) in [6, 6.07) is -0.822. The van der Waals surface area contributed by atoms with Gasteiger partial charge in [0.2, 0.25) is 0 Å². The molecule has 10 heteroatoms. The fraction of sp³-hybridized carbons (Fsp3) is 0.600. The zero-order valence-electron chi connectivity index (χ0n) is 13.5. The predicted molar refractivity (Wildman–Crippen MR) is 82.7 cm³/mol. The largest absolute Gasteiger partial charge is 0.447 e. The monoisotopic (exact) mass is 371 g/mol. The number of likely N-dealkylation sites (tertiary alicyclic amines) is 1. The van der Waals surface area contributed by atoms with E-state index in [1.54, 1.807) is 0 Å². The van der Waals surface area contributed by atoms with E-state index in [0.717, 1.165) is 4.90 Å². The average molecular weight is 371 g/mol. The van der Waals surface area contributed by atoms with E-state index in [0.29, 0.717) is 12.8 Å². The van der Waals surface area contributed by atoms with Gasteiger partial charge in [-0.15, -0.1) is 8.42 Å². The summed E-state index contributed by atoms with van der Waals surface area (Å²) in [5.41, 5.74) is 0. The van der Waals surface area contributed by atoms with E-state index in [4.69, 9.17) is 0 Å². The Morgan fingerprint density at radius 1 is 0.960 bits per heavy atom. The van der Waals surface area contributed by atoms with Gasteiger partial charge in [-0.3, -0.25) is 14.5 Å². The quantitative estimate of drug-likeness (QED) is 0.417. The maximum Gasteiger partial charge on any atom is 0.447 e. The van der Waals surface area contributed by atoms with Crippen LogP contribution in [0.1, 0.15) is 38.5 Å². The van der Waals surface area contributed by atoms with Gasteiger partial charge in [0, 0.05) is 31.5 Å². The molecule has 0 aromatic carbocycles. The van der Waals surface area contributed by atoms with Gasteiger partial charge in [-0.25, -0.2) is 14.1 Å². The van der Waals surface area contributed by atoms with Gasteiger partial charge in [0.25, 0.3) is 11.8 Å². The van der Waals surface area contributed by atoms with E-state index in [1.807, 2.05) is 0 Å². The number of carbonyl (C=O) groups is 4. The molecule has 3 aliphatic rings. The van der Waals surface area contributed by atoms with Crippen molar-refractivity contribution < 1.29 is 36.0 Å². The first-order chi connectivity index (χ1) is 11.7. The van der Waals surface area contributed by atoms with Crippen LogP contribution in [0.3, 0.4) is 0 Å². The van der Waals surface area contributed by atoms with E-state index in [9.17, 15) is 32.1 Å². The molecule has 0 spiro atoms. The van der Waals surface area contributed by atoms with Gasteiger partial charge in [-0.05, 0) is 18.8 Å². The van der Waals surface area contributed by atoms with Crippen molar-refractivity contribution >= 4 is 33.9 Å². The van der Waals surface area contributed by atoms with Crippen molar-refractivity contribution in [3.8, 4) is 0 Å². The Hall–Kier alpha value is -1.91. The molecule has 1 saturated carbocycles. The minimum absolute atomic E-state index is 0.0293. The zero-order chi connectivity index (χ0) is 18.4. The van der Waals surface area contributed by atoms with Gasteiger partial charge in [0.1, 0.15) is 6.04 Å². The second-order valence-electron chi connectivity index (χ2n) is 6.69. The number of rotatable bonds is 4. The van der Waals surface area contributed by atoms with Crippen LogP contribution in [0, 0.1) is 5.92 Å². The topological polar surface area (TPSA) is 126 Å². The van der Waals surface area contributed by atoms with Gasteiger partial charge in [0.15, 0.2) is 0 Å². The van der Waals surface area contributed by atoms with Crippen LogP contribution in [0.4, 0.5) is 0 Å². The fourth-order valence-electron chi connectivity index (χ4n) is 4.10. The van der Waals surface area contributed by atoms with Gasteiger partial charge >= 0.3 is 22.1 Å². The third-order valence-electron chi connectivity index (χ3n) is 5.33. The van der Waals surface area contributed by atoms with Gasteiger partial charge in [-0.2, -0.15) is 0 Å². The molecule has 25 heavy (non-hydrogen) atoms. The van der Waals surface area contributed by atoms with E-state index >= 15 is 0 Å². The molecule has 2 aliphatic heterocycles. The van der Waals surface area contributed by atoms with Crippen LogP contribution in [0.5, 0.6) is 0 Å². The third kappa shape index (κ3) is 2.74. The Balaban J connectivity index is 1.73. The van der Waals surface area contributed by atoms with Crippen LogP contribution in [0.25, 0.3) is 0 Å². The molecule has 4 amide bonds. The average Bonchev–Trinajstić information content (AvgIpc) is 3.02. The molecule has 1 saturated heterocycles. The summed E-state index contributed by atoms with van der Waals surface area (Å²) in [6.45, 7) is 0.227. The molecule has 0 bridgehead atoms. The smallest absolute Gasteiger partial charge is 0.275 e. The molecule has 9 nitrogen and oxygen atoms in total. The second kappa shape index (κ2) is 6.11. The molecule has 1 aliphatic carbocycles. The highest BCUT2D eigenvalue weighted by Gasteiger charge is 2.64. The number of quaternary nitrogens is 1. The summed E-state index contributed by atoms with van der Waals surface area (Å²) in [5, 5.41) is 0. The van der Waals surface area contributed by atoms with Crippen molar-refractivity contribution in [3.63, 3.8) is 0 Å². The Morgan fingerprint density at radius 3 is 1.88 bits per heavy atom. The maximum absolute atomic E-state index is 12.2. The van der Waals surface area contributed by atoms with Crippen LogP contribution in [0.2, 0.25) is 0 Å². The van der Waals surface area contributed by atoms with Crippen LogP contribution < -0.4 is 0 Å². The molecule has 0 radical (unpaired) electrons. The molecule has 2 fully saturated rings. The minimum atomic E-state index is -4.91. The molecular weight excluding hydrogens is 352 g/mol. The van der Waals surface area contributed by atoms with Crippen LogP contribution in [-0.4, -0.2) is 58.0 Å². The number of imide groups is 2. The van der Waals surface area contributed by atoms with Crippen molar-refractivity contribution in [1.82, 2.24) is 4.90 Å². The fourth-order valence-corrected chi connectivity index (χ4v) is 5.38. The van der Waals surface area contributed by atoms with Crippen LogP contribution in [0.15, 0.2) is 12.2 Å². The highest BCUT2D eigenvalue weighted by molar-refractivity contribution is 7.80. The Morgan fingerprint density at radius 2 is 1.44 bits per heavy atom. The Kier molecular flexibility index (Phi) is 4.38. The molecule has 0 unspecified atom stereocenters. The summed E-state index contributed by atoms with van der Waals surface area (Å²) in [6.07, 6.45) is 3.41. The summed E-state index contributed by atoms with van der Waals surface area (Å²) in [4.78, 5) is 48.8. The van der Waals surface area contributed by atoms with Crippen molar-refractivity contribution in [2.45, 2.75) is 44.6 Å². The van der Waals surface area contributed by atoms with Crippen molar-refractivity contribution in [2.75, 3.05) is 6.54 Å². The van der Waals surface area contributed by atoms with E-state index in [1.165, 1.54) is 12.2 Å². The number of hydrogen-bond acceptors (Lipinski definition) is 6. The molecule has 2 heterocycles. The maximum atomic E-state index is 12.2. The highest BCUT2D eigenvalue weighted by Crippen LogP contribution is 2.39. The van der Waals surface area contributed by atoms with Gasteiger partial charge in [-0.1, -0.05) is 3.89 Å². The molecule has 0 aromatic heterocycles. The molecule has 136 valence electrons. The number of hydrogen-bond donors (Lipinski definition) is 1. The molecule has 3 rings (SSSR count). The second-order valence-corrected chi connectivity index (χ2v) is 8.16. The summed E-state index contributed by atoms with van der Waals surface area (Å²) >= 11 is 0. The SMILES string of the molecule is O=C1C=CC(=O)N1CC1CCC([N+]2(S(=O)(=O)O)C(=O)CCC2=O)CC1. The first-order valence-electron chi connectivity index (χ1n) is 8.14. The van der Waals surface area contributed by atoms with Crippen LogP contribution >= 0.6 is 0 Å². The molecule has 1 N–H and O–H groups in total. The van der Waals surface area contributed by atoms with E-state index < -0.39 is 32.0 Å². The number of amides is 4. The lowest BCUT2D eigenvalue weighted by Crippen LogP contribution is -2.63. The first-order valence-corrected chi connectivity index (χ1v) is 9.54. The third-order valence-corrected chi connectivity index (χ3v) is 6.76. The molecule has 0 atom stereocenters. The number of nitrogens with zero attached hydrogens (tertiary/aromatic N) is 2. The Bertz CT molecular complexity index is 744. The van der Waals surface area contributed by atoms with Crippen LogP contribution in [-0.2, 0) is 29.5 Å². The molecular formula is C15H19N2O7S+. The van der Waals surface area contributed by atoms with Crippen molar-refractivity contribution in [2.24, 2.45) is 5.92 Å². The predicted octanol–water partition coefficient (Wildman–Crippen LogP) is -0.0632. The van der Waals surface area contributed by atoms with Gasteiger partial charge < -0.3 is 0 Å². The molecule has 0 aromatic rings. The number of carbonyl (C=O) groups excluding carboxylic acids is 4. The standard InChI is InChI=1S/C15H18N2O7S/c18-12-5-6-13(19)16(12)9-10-1-3-11(4-2-10)17(25(22,23)24)14(20)7-8-15(17)21/h5-6,10-11H,1-4,7-9H2/p+1. The lowest BCUT2D eigenvalue weighted by Gasteiger charge is -2.37. The lowest BCUT2D eigenvalue weighted by atomic mass is 9.85.